The van der Waals surface area contributed by atoms with Crippen molar-refractivity contribution in [3.05, 3.63) is 11.6 Å². The molecule has 0 radical (unpaired) electrons. The molecule has 3 fully saturated rings. The van der Waals surface area contributed by atoms with Crippen LogP contribution < -0.4 is 0 Å². The normalized spacial score (nSPS) is 48.5. The van der Waals surface area contributed by atoms with Crippen LogP contribution in [0.1, 0.15) is 79.6 Å². The molecular formula is C26H38O5. The van der Waals surface area contributed by atoms with E-state index in [9.17, 15) is 24.6 Å². The summed E-state index contributed by atoms with van der Waals surface area (Å²) in [6.45, 7) is 10.1. The van der Waals surface area contributed by atoms with Gasteiger partial charge in [-0.1, -0.05) is 40.2 Å². The molecule has 31 heavy (non-hydrogen) atoms. The topological polar surface area (TPSA) is 91.7 Å². The lowest BCUT2D eigenvalue weighted by atomic mass is 9.34. The van der Waals surface area contributed by atoms with Gasteiger partial charge in [0, 0.05) is 11.0 Å². The number of Topliss-reactive ketones (excluding diaryl/α,β-unsaturated/α-hetero) is 1. The Morgan fingerprint density at radius 1 is 1.06 bits per heavy atom. The molecule has 8 atom stereocenters. The van der Waals surface area contributed by atoms with Crippen molar-refractivity contribution in [3.63, 3.8) is 0 Å². The van der Waals surface area contributed by atoms with Crippen molar-refractivity contribution in [1.82, 2.24) is 0 Å². The van der Waals surface area contributed by atoms with E-state index in [1.165, 1.54) is 6.92 Å². The Bertz CT molecular complexity index is 843. The Kier molecular flexibility index (Phi) is 5.13. The first kappa shape index (κ1) is 22.7. The molecular weight excluding hydrogens is 392 g/mol. The van der Waals surface area contributed by atoms with Gasteiger partial charge in [0.1, 0.15) is 6.29 Å². The zero-order valence-corrected chi connectivity index (χ0v) is 19.6. The summed E-state index contributed by atoms with van der Waals surface area (Å²) in [5, 5.41) is 22.2. The van der Waals surface area contributed by atoms with Crippen LogP contribution >= 0.6 is 0 Å². The molecule has 2 N–H and O–H groups in total. The molecule has 0 aromatic carbocycles. The van der Waals surface area contributed by atoms with Gasteiger partial charge in [-0.25, -0.2) is 0 Å². The number of rotatable bonds is 3. The SMILES string of the molecule is CC(=O)C1=CC[C@H]2[C@]3(C)CC[C@H]4C(C)(C)CCC[C@]4(C(=O)O)[C@H]3C[C@H](O)[C@]2(C)[C@H]1C=O. The summed E-state index contributed by atoms with van der Waals surface area (Å²) in [6, 6.07) is 0. The highest BCUT2D eigenvalue weighted by Gasteiger charge is 2.71. The largest absolute Gasteiger partial charge is 0.481 e. The minimum atomic E-state index is -0.835. The van der Waals surface area contributed by atoms with Gasteiger partial charge in [0.25, 0.3) is 0 Å². The molecule has 0 bridgehead atoms. The van der Waals surface area contributed by atoms with Crippen LogP contribution in [0.5, 0.6) is 0 Å². The van der Waals surface area contributed by atoms with E-state index in [4.69, 9.17) is 0 Å². The average molecular weight is 431 g/mol. The minimum absolute atomic E-state index is 0.0331. The van der Waals surface area contributed by atoms with Crippen molar-refractivity contribution in [3.8, 4) is 0 Å². The van der Waals surface area contributed by atoms with Crippen molar-refractivity contribution in [2.24, 2.45) is 45.3 Å². The van der Waals surface area contributed by atoms with E-state index in [-0.39, 0.29) is 34.4 Å². The van der Waals surface area contributed by atoms with Gasteiger partial charge < -0.3 is 15.0 Å². The van der Waals surface area contributed by atoms with Crippen molar-refractivity contribution in [2.45, 2.75) is 85.7 Å². The van der Waals surface area contributed by atoms with Crippen LogP contribution in [0, 0.1) is 45.3 Å². The van der Waals surface area contributed by atoms with E-state index >= 15 is 0 Å². The maximum Gasteiger partial charge on any atom is 0.310 e. The highest BCUT2D eigenvalue weighted by Crippen LogP contribution is 2.73. The predicted molar refractivity (Wildman–Crippen MR) is 117 cm³/mol. The number of ketones is 1. The lowest BCUT2D eigenvalue weighted by Crippen LogP contribution is -2.68. The smallest absolute Gasteiger partial charge is 0.310 e. The molecule has 4 aliphatic carbocycles. The fraction of sp³-hybridized carbons (Fsp3) is 0.808. The fourth-order valence-electron chi connectivity index (χ4n) is 9.12. The second-order valence-corrected chi connectivity index (χ2v) is 12.1. The monoisotopic (exact) mass is 430 g/mol. The summed E-state index contributed by atoms with van der Waals surface area (Å²) in [6.07, 6.45) is 7.30. The molecule has 0 amide bonds. The minimum Gasteiger partial charge on any atom is -0.481 e. The molecule has 0 aromatic heterocycles. The first-order valence-electron chi connectivity index (χ1n) is 11.9. The zero-order chi connectivity index (χ0) is 23.0. The van der Waals surface area contributed by atoms with Crippen molar-refractivity contribution >= 4 is 18.0 Å². The number of allylic oxidation sites excluding steroid dienone is 2. The summed E-state index contributed by atoms with van der Waals surface area (Å²) in [5.74, 6) is -1.54. The summed E-state index contributed by atoms with van der Waals surface area (Å²) in [5.41, 5.74) is -1.41. The summed E-state index contributed by atoms with van der Waals surface area (Å²) in [4.78, 5) is 37.5. The van der Waals surface area contributed by atoms with Crippen LogP contribution in [-0.4, -0.2) is 34.4 Å². The van der Waals surface area contributed by atoms with Crippen molar-refractivity contribution < 1.29 is 24.6 Å². The molecule has 0 aromatic rings. The van der Waals surface area contributed by atoms with Gasteiger partial charge in [-0.05, 0) is 74.0 Å². The van der Waals surface area contributed by atoms with Crippen LogP contribution in [0.15, 0.2) is 11.6 Å². The summed E-state index contributed by atoms with van der Waals surface area (Å²) >= 11 is 0. The number of aliphatic hydroxyl groups excluding tert-OH is 1. The number of carboxylic acids is 1. The maximum absolute atomic E-state index is 13.0. The number of aliphatic hydroxyl groups is 1. The number of aliphatic carboxylic acids is 1. The zero-order valence-electron chi connectivity index (χ0n) is 19.6. The molecule has 3 saturated carbocycles. The maximum atomic E-state index is 13.0. The van der Waals surface area contributed by atoms with Gasteiger partial charge in [0.2, 0.25) is 0 Å². The Morgan fingerprint density at radius 2 is 1.74 bits per heavy atom. The van der Waals surface area contributed by atoms with Gasteiger partial charge in [-0.15, -0.1) is 0 Å². The first-order chi connectivity index (χ1) is 14.4. The third-order valence-electron chi connectivity index (χ3n) is 10.6. The van der Waals surface area contributed by atoms with Crippen molar-refractivity contribution in [2.75, 3.05) is 0 Å². The highest BCUT2D eigenvalue weighted by molar-refractivity contribution is 5.97. The van der Waals surface area contributed by atoms with E-state index in [0.29, 0.717) is 24.8 Å². The lowest BCUT2D eigenvalue weighted by molar-refractivity contribution is -0.240. The van der Waals surface area contributed by atoms with Gasteiger partial charge in [-0.2, -0.15) is 0 Å². The molecule has 0 spiro atoms. The fourth-order valence-corrected chi connectivity index (χ4v) is 9.12. The standard InChI is InChI=1S/C26H38O5/c1-15(28)16-7-8-19-24(4)12-9-18-23(2,3)10-6-11-26(18,22(30)31)20(24)13-21(29)25(19,5)17(16)14-27/h7,14,17-21,29H,6,8-13H2,1-5H3,(H,30,31)/t17-,18-,19-,20-,21-,24-,25+,26+/m0/s1. The average Bonchev–Trinajstić information content (AvgIpc) is 2.68. The lowest BCUT2D eigenvalue weighted by Gasteiger charge is -2.69. The van der Waals surface area contributed by atoms with Crippen LogP contribution in [0.3, 0.4) is 0 Å². The second-order valence-electron chi connectivity index (χ2n) is 12.1. The number of fused-ring (bicyclic) bond motifs is 5. The van der Waals surface area contributed by atoms with Gasteiger partial charge in [-0.3, -0.25) is 9.59 Å². The molecule has 4 aliphatic rings. The molecule has 4 rings (SSSR count). The Morgan fingerprint density at radius 3 is 2.32 bits per heavy atom. The Hall–Kier alpha value is -1.49. The van der Waals surface area contributed by atoms with Crippen LogP contribution in [0.2, 0.25) is 0 Å². The van der Waals surface area contributed by atoms with E-state index in [1.807, 2.05) is 13.0 Å². The Balaban J connectivity index is 1.87. The van der Waals surface area contributed by atoms with Crippen LogP contribution in [0.4, 0.5) is 0 Å². The number of hydrogen-bond donors (Lipinski definition) is 2. The number of carboxylic acid groups (broad SMARTS) is 1. The van der Waals surface area contributed by atoms with Crippen molar-refractivity contribution in [1.29, 1.82) is 0 Å². The highest BCUT2D eigenvalue weighted by atomic mass is 16.4. The van der Waals surface area contributed by atoms with Gasteiger partial charge in [0.15, 0.2) is 5.78 Å². The molecule has 5 heteroatoms. The molecule has 0 saturated heterocycles. The predicted octanol–water partition coefficient (Wildman–Crippen LogP) is 4.42. The van der Waals surface area contributed by atoms with Crippen LogP contribution in [-0.2, 0) is 14.4 Å². The van der Waals surface area contributed by atoms with E-state index in [2.05, 4.69) is 20.8 Å². The second kappa shape index (κ2) is 7.00. The van der Waals surface area contributed by atoms with Crippen LogP contribution in [0.25, 0.3) is 0 Å². The van der Waals surface area contributed by atoms with Gasteiger partial charge in [0.05, 0.1) is 17.4 Å². The third-order valence-corrected chi connectivity index (χ3v) is 10.6. The number of carbonyl (C=O) groups is 3. The quantitative estimate of drug-likeness (QED) is 0.647. The molecule has 0 unspecified atom stereocenters. The molecule has 5 nitrogen and oxygen atoms in total. The van der Waals surface area contributed by atoms with Gasteiger partial charge >= 0.3 is 5.97 Å². The molecule has 172 valence electrons. The molecule has 0 heterocycles. The first-order valence-corrected chi connectivity index (χ1v) is 11.9. The van der Waals surface area contributed by atoms with E-state index in [0.717, 1.165) is 32.0 Å². The third kappa shape index (κ3) is 2.74. The van der Waals surface area contributed by atoms with E-state index < -0.39 is 28.8 Å². The van der Waals surface area contributed by atoms with E-state index in [1.54, 1.807) is 0 Å². The Labute approximate surface area is 185 Å². The summed E-state index contributed by atoms with van der Waals surface area (Å²) in [7, 11) is 0. The summed E-state index contributed by atoms with van der Waals surface area (Å²) < 4.78 is 0. The number of carbonyl (C=O) groups excluding carboxylic acids is 2. The molecule has 0 aliphatic heterocycles. The number of aldehydes is 1. The number of hydrogen-bond acceptors (Lipinski definition) is 4.